The predicted molar refractivity (Wildman–Crippen MR) is 78.7 cm³/mol. The molecule has 0 amide bonds. The van der Waals surface area contributed by atoms with Crippen LogP contribution in [0.3, 0.4) is 0 Å². The van der Waals surface area contributed by atoms with Crippen LogP contribution in [0.5, 0.6) is 0 Å². The molecule has 0 aromatic heterocycles. The minimum atomic E-state index is -0.611. The van der Waals surface area contributed by atoms with Crippen LogP contribution in [0.25, 0.3) is 0 Å². The molecule has 0 spiro atoms. The summed E-state index contributed by atoms with van der Waals surface area (Å²) in [6.45, 7) is 10.3. The lowest BCUT2D eigenvalue weighted by molar-refractivity contribution is -0.158. The first kappa shape index (κ1) is 14.3. The van der Waals surface area contributed by atoms with E-state index >= 15 is 0 Å². The Kier molecular flexibility index (Phi) is 3.80. The molecule has 0 radical (unpaired) electrons. The van der Waals surface area contributed by atoms with E-state index in [0.29, 0.717) is 6.04 Å². The molecule has 3 rings (SSSR count). The highest BCUT2D eigenvalue weighted by Gasteiger charge is 2.49. The quantitative estimate of drug-likeness (QED) is 0.854. The summed E-state index contributed by atoms with van der Waals surface area (Å²) in [5.41, 5.74) is -0.451. The monoisotopic (exact) mass is 280 g/mol. The van der Waals surface area contributed by atoms with Crippen LogP contribution in [0.2, 0.25) is 0 Å². The van der Waals surface area contributed by atoms with E-state index in [1.807, 2.05) is 6.92 Å². The third-order valence-electron chi connectivity index (χ3n) is 5.99. The normalized spacial score (nSPS) is 40.1. The van der Waals surface area contributed by atoms with Crippen LogP contribution in [-0.2, 0) is 4.79 Å². The van der Waals surface area contributed by atoms with Crippen molar-refractivity contribution in [2.24, 2.45) is 17.3 Å². The van der Waals surface area contributed by atoms with E-state index in [4.69, 9.17) is 0 Å². The summed E-state index contributed by atoms with van der Waals surface area (Å²) in [5, 5.41) is 9.23. The Morgan fingerprint density at radius 2 is 1.95 bits per heavy atom. The Balaban J connectivity index is 1.49. The van der Waals surface area contributed by atoms with Gasteiger partial charge in [0.25, 0.3) is 0 Å². The molecular weight excluding hydrogens is 252 g/mol. The molecule has 1 unspecified atom stereocenters. The second kappa shape index (κ2) is 5.30. The standard InChI is InChI=1S/C16H28N2O2/c1-3-17-9-13(10-17)12-5-4-6-18(11-12)14-7-16(2,8-14)15(19)20/h12-14H,3-11H2,1-2H3,(H,19,20). The third-order valence-corrected chi connectivity index (χ3v) is 5.99. The first-order chi connectivity index (χ1) is 9.51. The SMILES string of the molecule is CCN1CC(C2CCCN(C3CC(C)(C(=O)O)C3)C2)C1. The number of likely N-dealkylation sites (tertiary alicyclic amines) is 2. The minimum absolute atomic E-state index is 0.451. The molecule has 2 heterocycles. The van der Waals surface area contributed by atoms with Crippen LogP contribution in [-0.4, -0.2) is 59.6 Å². The molecule has 0 aromatic carbocycles. The number of hydrogen-bond acceptors (Lipinski definition) is 3. The zero-order valence-electron chi connectivity index (χ0n) is 12.8. The fourth-order valence-corrected chi connectivity index (χ4v) is 4.34. The van der Waals surface area contributed by atoms with E-state index in [0.717, 1.165) is 24.7 Å². The summed E-state index contributed by atoms with van der Waals surface area (Å²) < 4.78 is 0. The topological polar surface area (TPSA) is 43.8 Å². The van der Waals surface area contributed by atoms with Gasteiger partial charge in [-0.2, -0.15) is 0 Å². The summed E-state index contributed by atoms with van der Waals surface area (Å²) in [4.78, 5) is 16.3. The van der Waals surface area contributed by atoms with Crippen LogP contribution in [0.4, 0.5) is 0 Å². The Bertz CT molecular complexity index is 373. The number of carbonyl (C=O) groups is 1. The number of carboxylic acid groups (broad SMARTS) is 1. The molecule has 3 aliphatic rings. The van der Waals surface area contributed by atoms with Crippen LogP contribution >= 0.6 is 0 Å². The number of nitrogens with zero attached hydrogens (tertiary/aromatic N) is 2. The minimum Gasteiger partial charge on any atom is -0.481 e. The highest BCUT2D eigenvalue weighted by Crippen LogP contribution is 2.45. The molecule has 1 N–H and O–H groups in total. The van der Waals surface area contributed by atoms with Crippen molar-refractivity contribution in [1.82, 2.24) is 9.80 Å². The van der Waals surface area contributed by atoms with Crippen molar-refractivity contribution in [1.29, 1.82) is 0 Å². The van der Waals surface area contributed by atoms with Gasteiger partial charge in [-0.15, -0.1) is 0 Å². The van der Waals surface area contributed by atoms with Crippen molar-refractivity contribution in [3.8, 4) is 0 Å². The number of aliphatic carboxylic acids is 1. The van der Waals surface area contributed by atoms with Gasteiger partial charge >= 0.3 is 5.97 Å². The van der Waals surface area contributed by atoms with Crippen LogP contribution in [0, 0.1) is 17.3 Å². The van der Waals surface area contributed by atoms with Gasteiger partial charge in [-0.25, -0.2) is 0 Å². The van der Waals surface area contributed by atoms with Crippen LogP contribution in [0.1, 0.15) is 39.5 Å². The highest BCUT2D eigenvalue weighted by atomic mass is 16.4. The van der Waals surface area contributed by atoms with E-state index in [9.17, 15) is 9.90 Å². The number of rotatable bonds is 4. The Morgan fingerprint density at radius 1 is 1.25 bits per heavy atom. The Hall–Kier alpha value is -0.610. The Morgan fingerprint density at radius 3 is 2.55 bits per heavy atom. The molecule has 1 saturated carbocycles. The van der Waals surface area contributed by atoms with E-state index in [1.54, 1.807) is 0 Å². The second-order valence-electron chi connectivity index (χ2n) is 7.44. The zero-order valence-corrected chi connectivity index (χ0v) is 12.8. The molecule has 4 nitrogen and oxygen atoms in total. The summed E-state index contributed by atoms with van der Waals surface area (Å²) in [5.74, 6) is 1.13. The first-order valence-corrected chi connectivity index (χ1v) is 8.21. The van der Waals surface area contributed by atoms with E-state index in [1.165, 1.54) is 45.6 Å². The van der Waals surface area contributed by atoms with Gasteiger partial charge in [0.05, 0.1) is 5.41 Å². The molecule has 2 saturated heterocycles. The van der Waals surface area contributed by atoms with Gasteiger partial charge in [-0.3, -0.25) is 4.79 Å². The smallest absolute Gasteiger partial charge is 0.309 e. The molecule has 0 bridgehead atoms. The number of piperidine rings is 1. The van der Waals surface area contributed by atoms with Crippen molar-refractivity contribution < 1.29 is 9.90 Å². The lowest BCUT2D eigenvalue weighted by Crippen LogP contribution is -2.58. The van der Waals surface area contributed by atoms with E-state index in [2.05, 4.69) is 16.7 Å². The molecule has 0 aromatic rings. The van der Waals surface area contributed by atoms with Gasteiger partial charge in [-0.1, -0.05) is 6.92 Å². The molecule has 2 aliphatic heterocycles. The summed E-state index contributed by atoms with van der Waals surface area (Å²) >= 11 is 0. The van der Waals surface area contributed by atoms with Crippen molar-refractivity contribution in [3.63, 3.8) is 0 Å². The van der Waals surface area contributed by atoms with Gasteiger partial charge < -0.3 is 14.9 Å². The maximum Gasteiger partial charge on any atom is 0.309 e. The van der Waals surface area contributed by atoms with Gasteiger partial charge in [-0.05, 0) is 57.5 Å². The molecule has 1 atom stereocenters. The average Bonchev–Trinajstić information content (AvgIpc) is 2.34. The van der Waals surface area contributed by atoms with E-state index in [-0.39, 0.29) is 0 Å². The third kappa shape index (κ3) is 2.48. The molecular formula is C16H28N2O2. The molecule has 20 heavy (non-hydrogen) atoms. The van der Waals surface area contributed by atoms with Crippen molar-refractivity contribution >= 4 is 5.97 Å². The lowest BCUT2D eigenvalue weighted by atomic mass is 9.65. The van der Waals surface area contributed by atoms with Crippen molar-refractivity contribution in [3.05, 3.63) is 0 Å². The van der Waals surface area contributed by atoms with Gasteiger partial charge in [0.15, 0.2) is 0 Å². The van der Waals surface area contributed by atoms with Crippen LogP contribution < -0.4 is 0 Å². The molecule has 114 valence electrons. The highest BCUT2D eigenvalue weighted by molar-refractivity contribution is 5.75. The van der Waals surface area contributed by atoms with E-state index < -0.39 is 11.4 Å². The number of hydrogen-bond donors (Lipinski definition) is 1. The van der Waals surface area contributed by atoms with Gasteiger partial charge in [0.2, 0.25) is 0 Å². The maximum atomic E-state index is 11.2. The zero-order chi connectivity index (χ0) is 14.3. The summed E-state index contributed by atoms with van der Waals surface area (Å²) in [6, 6.07) is 0.529. The molecule has 3 fully saturated rings. The maximum absolute atomic E-state index is 11.2. The largest absolute Gasteiger partial charge is 0.481 e. The molecule has 1 aliphatic carbocycles. The summed E-state index contributed by atoms with van der Waals surface area (Å²) in [6.07, 6.45) is 4.37. The van der Waals surface area contributed by atoms with Crippen LogP contribution in [0.15, 0.2) is 0 Å². The fourth-order valence-electron chi connectivity index (χ4n) is 4.34. The Labute approximate surface area is 122 Å². The van der Waals surface area contributed by atoms with Gasteiger partial charge in [0, 0.05) is 25.7 Å². The first-order valence-electron chi connectivity index (χ1n) is 8.21. The van der Waals surface area contributed by atoms with Crippen molar-refractivity contribution in [2.75, 3.05) is 32.7 Å². The molecule has 4 heteroatoms. The van der Waals surface area contributed by atoms with Gasteiger partial charge in [0.1, 0.15) is 0 Å². The number of carboxylic acids is 1. The summed E-state index contributed by atoms with van der Waals surface area (Å²) in [7, 11) is 0. The predicted octanol–water partition coefficient (Wildman–Crippen LogP) is 1.90. The van der Waals surface area contributed by atoms with Crippen molar-refractivity contribution in [2.45, 2.75) is 45.6 Å². The lowest BCUT2D eigenvalue weighted by Gasteiger charge is -2.52. The fraction of sp³-hybridized carbons (Fsp3) is 0.938. The second-order valence-corrected chi connectivity index (χ2v) is 7.44. The average molecular weight is 280 g/mol.